The summed E-state index contributed by atoms with van der Waals surface area (Å²) in [4.78, 5) is 0. The van der Waals surface area contributed by atoms with Crippen LogP contribution in [0, 0.1) is 6.92 Å². The van der Waals surface area contributed by atoms with Crippen LogP contribution in [-0.2, 0) is 6.42 Å². The molecule has 0 aromatic heterocycles. The minimum atomic E-state index is -0.122. The standard InChI is InChI=1S/C16H15ClO2/c1-10-7-12(17)5-6-14(10)15-4-2-3-11-8-13(9-18)19-16(11)15/h2-7,13,18H,8-9H2,1H3/t13-/m1/s1. The molecule has 2 nitrogen and oxygen atoms in total. The Hall–Kier alpha value is -1.51. The molecule has 3 heteroatoms. The molecule has 19 heavy (non-hydrogen) atoms. The summed E-state index contributed by atoms with van der Waals surface area (Å²) in [5.41, 5.74) is 4.48. The Bertz CT molecular complexity index is 622. The summed E-state index contributed by atoms with van der Waals surface area (Å²) in [6, 6.07) is 12.0. The molecule has 0 aliphatic carbocycles. The normalized spacial score (nSPS) is 17.1. The van der Waals surface area contributed by atoms with Crippen LogP contribution < -0.4 is 4.74 Å². The molecule has 0 saturated carbocycles. The molecule has 1 aliphatic heterocycles. The van der Waals surface area contributed by atoms with Gasteiger partial charge in [-0.3, -0.25) is 0 Å². The second kappa shape index (κ2) is 4.87. The number of fused-ring (bicyclic) bond motifs is 1. The highest BCUT2D eigenvalue weighted by atomic mass is 35.5. The molecule has 1 atom stereocenters. The van der Waals surface area contributed by atoms with Gasteiger partial charge in [0.25, 0.3) is 0 Å². The SMILES string of the molecule is Cc1cc(Cl)ccc1-c1cccc2c1O[C@@H](CO)C2. The van der Waals surface area contributed by atoms with E-state index >= 15 is 0 Å². The van der Waals surface area contributed by atoms with Crippen molar-refractivity contribution in [2.75, 3.05) is 6.61 Å². The van der Waals surface area contributed by atoms with Crippen LogP contribution >= 0.6 is 11.6 Å². The number of aliphatic hydroxyl groups is 1. The first-order valence-corrected chi connectivity index (χ1v) is 6.73. The van der Waals surface area contributed by atoms with Gasteiger partial charge in [0.15, 0.2) is 0 Å². The lowest BCUT2D eigenvalue weighted by atomic mass is 9.97. The summed E-state index contributed by atoms with van der Waals surface area (Å²) in [5, 5.41) is 9.99. The number of para-hydroxylation sites is 1. The van der Waals surface area contributed by atoms with Crippen molar-refractivity contribution in [1.82, 2.24) is 0 Å². The molecule has 0 unspecified atom stereocenters. The van der Waals surface area contributed by atoms with Gasteiger partial charge in [-0.05, 0) is 35.7 Å². The van der Waals surface area contributed by atoms with Crippen molar-refractivity contribution in [2.24, 2.45) is 0 Å². The maximum absolute atomic E-state index is 9.25. The third kappa shape index (κ3) is 2.22. The fourth-order valence-corrected chi connectivity index (χ4v) is 2.81. The van der Waals surface area contributed by atoms with E-state index in [1.165, 1.54) is 0 Å². The van der Waals surface area contributed by atoms with E-state index in [1.807, 2.05) is 31.2 Å². The molecule has 0 radical (unpaired) electrons. The number of hydrogen-bond acceptors (Lipinski definition) is 2. The highest BCUT2D eigenvalue weighted by Gasteiger charge is 2.25. The van der Waals surface area contributed by atoms with Crippen molar-refractivity contribution in [2.45, 2.75) is 19.4 Å². The molecule has 0 saturated heterocycles. The third-order valence-corrected chi connectivity index (χ3v) is 3.75. The summed E-state index contributed by atoms with van der Waals surface area (Å²) < 4.78 is 5.84. The van der Waals surface area contributed by atoms with E-state index in [9.17, 15) is 5.11 Å². The Morgan fingerprint density at radius 2 is 2.11 bits per heavy atom. The summed E-state index contributed by atoms with van der Waals surface area (Å²) in [7, 11) is 0. The van der Waals surface area contributed by atoms with Crippen molar-refractivity contribution in [3.8, 4) is 16.9 Å². The van der Waals surface area contributed by atoms with Gasteiger partial charge >= 0.3 is 0 Å². The Labute approximate surface area is 117 Å². The zero-order chi connectivity index (χ0) is 13.4. The van der Waals surface area contributed by atoms with E-state index < -0.39 is 0 Å². The van der Waals surface area contributed by atoms with Crippen molar-refractivity contribution < 1.29 is 9.84 Å². The molecule has 98 valence electrons. The number of hydrogen-bond donors (Lipinski definition) is 1. The second-order valence-electron chi connectivity index (χ2n) is 4.88. The lowest BCUT2D eigenvalue weighted by Gasteiger charge is -2.12. The average molecular weight is 275 g/mol. The molecule has 2 aromatic rings. The zero-order valence-electron chi connectivity index (χ0n) is 10.7. The topological polar surface area (TPSA) is 29.5 Å². The van der Waals surface area contributed by atoms with Gasteiger partial charge in [-0.1, -0.05) is 35.9 Å². The number of aliphatic hydroxyl groups excluding tert-OH is 1. The number of rotatable bonds is 2. The van der Waals surface area contributed by atoms with Gasteiger partial charge < -0.3 is 9.84 Å². The molecule has 1 N–H and O–H groups in total. The number of aryl methyl sites for hydroxylation is 1. The summed E-state index contributed by atoms with van der Waals surface area (Å²) in [6.45, 7) is 2.09. The van der Waals surface area contributed by atoms with E-state index in [0.29, 0.717) is 0 Å². The molecule has 2 aromatic carbocycles. The van der Waals surface area contributed by atoms with E-state index in [0.717, 1.165) is 39.4 Å². The fourth-order valence-electron chi connectivity index (χ4n) is 2.58. The monoisotopic (exact) mass is 274 g/mol. The van der Waals surface area contributed by atoms with Crippen LogP contribution in [0.15, 0.2) is 36.4 Å². The van der Waals surface area contributed by atoms with Crippen LogP contribution in [0.5, 0.6) is 5.75 Å². The van der Waals surface area contributed by atoms with Gasteiger partial charge in [-0.25, -0.2) is 0 Å². The highest BCUT2D eigenvalue weighted by molar-refractivity contribution is 6.30. The smallest absolute Gasteiger partial charge is 0.131 e. The Morgan fingerprint density at radius 1 is 1.26 bits per heavy atom. The molecule has 0 amide bonds. The Kier molecular flexibility index (Phi) is 3.21. The lowest BCUT2D eigenvalue weighted by molar-refractivity contribution is 0.135. The summed E-state index contributed by atoms with van der Waals surface area (Å²) in [5.74, 6) is 0.895. The van der Waals surface area contributed by atoms with E-state index in [2.05, 4.69) is 12.1 Å². The predicted molar refractivity (Wildman–Crippen MR) is 76.8 cm³/mol. The zero-order valence-corrected chi connectivity index (χ0v) is 11.4. The van der Waals surface area contributed by atoms with Crippen LogP contribution in [-0.4, -0.2) is 17.8 Å². The van der Waals surface area contributed by atoms with Gasteiger partial charge in [0.05, 0.1) is 6.61 Å². The molecule has 0 spiro atoms. The molecule has 0 fully saturated rings. The largest absolute Gasteiger partial charge is 0.487 e. The van der Waals surface area contributed by atoms with Crippen LogP contribution in [0.25, 0.3) is 11.1 Å². The average Bonchev–Trinajstić information content (AvgIpc) is 2.82. The molecular weight excluding hydrogens is 260 g/mol. The molecular formula is C16H15ClO2. The number of benzene rings is 2. The van der Waals surface area contributed by atoms with Gasteiger partial charge in [-0.2, -0.15) is 0 Å². The quantitative estimate of drug-likeness (QED) is 0.906. The van der Waals surface area contributed by atoms with Crippen molar-refractivity contribution in [3.05, 3.63) is 52.5 Å². The predicted octanol–water partition coefficient (Wildman–Crippen LogP) is 3.61. The van der Waals surface area contributed by atoms with Gasteiger partial charge in [0.2, 0.25) is 0 Å². The van der Waals surface area contributed by atoms with Crippen molar-refractivity contribution in [3.63, 3.8) is 0 Å². The van der Waals surface area contributed by atoms with Gasteiger partial charge in [-0.15, -0.1) is 0 Å². The highest BCUT2D eigenvalue weighted by Crippen LogP contribution is 2.40. The van der Waals surface area contributed by atoms with Crippen LogP contribution in [0.1, 0.15) is 11.1 Å². The molecule has 1 heterocycles. The first-order chi connectivity index (χ1) is 9.19. The first kappa shape index (κ1) is 12.5. The van der Waals surface area contributed by atoms with E-state index in [1.54, 1.807) is 0 Å². The summed E-state index contributed by atoms with van der Waals surface area (Å²) >= 11 is 6.00. The van der Waals surface area contributed by atoms with Crippen molar-refractivity contribution in [1.29, 1.82) is 0 Å². The van der Waals surface area contributed by atoms with Crippen LogP contribution in [0.2, 0.25) is 5.02 Å². The van der Waals surface area contributed by atoms with E-state index in [-0.39, 0.29) is 12.7 Å². The van der Waals surface area contributed by atoms with Gasteiger partial charge in [0, 0.05) is 17.0 Å². The van der Waals surface area contributed by atoms with E-state index in [4.69, 9.17) is 16.3 Å². The first-order valence-electron chi connectivity index (χ1n) is 6.35. The molecule has 1 aliphatic rings. The lowest BCUT2D eigenvalue weighted by Crippen LogP contribution is -2.17. The Morgan fingerprint density at radius 3 is 2.84 bits per heavy atom. The second-order valence-corrected chi connectivity index (χ2v) is 5.32. The van der Waals surface area contributed by atoms with Crippen LogP contribution in [0.4, 0.5) is 0 Å². The number of halogens is 1. The maximum Gasteiger partial charge on any atom is 0.131 e. The fraction of sp³-hybridized carbons (Fsp3) is 0.250. The minimum Gasteiger partial charge on any atom is -0.487 e. The molecule has 3 rings (SSSR count). The molecule has 0 bridgehead atoms. The summed E-state index contributed by atoms with van der Waals surface area (Å²) in [6.07, 6.45) is 0.649. The van der Waals surface area contributed by atoms with Gasteiger partial charge in [0.1, 0.15) is 11.9 Å². The van der Waals surface area contributed by atoms with Crippen molar-refractivity contribution >= 4 is 11.6 Å². The Balaban J connectivity index is 2.10. The number of ether oxygens (including phenoxy) is 1. The minimum absolute atomic E-state index is 0.0493. The maximum atomic E-state index is 9.25. The van der Waals surface area contributed by atoms with Crippen LogP contribution in [0.3, 0.4) is 0 Å². The third-order valence-electron chi connectivity index (χ3n) is 3.51.